The summed E-state index contributed by atoms with van der Waals surface area (Å²) in [4.78, 5) is 31.9. The van der Waals surface area contributed by atoms with Crippen LogP contribution in [0.1, 0.15) is 30.4 Å². The van der Waals surface area contributed by atoms with Crippen molar-refractivity contribution in [3.8, 4) is 0 Å². The van der Waals surface area contributed by atoms with Gasteiger partial charge in [0.25, 0.3) is 10.1 Å². The third-order valence-electron chi connectivity index (χ3n) is 5.25. The Hall–Kier alpha value is -2.46. The van der Waals surface area contributed by atoms with Crippen molar-refractivity contribution < 1.29 is 22.6 Å². The maximum atomic E-state index is 13.0. The van der Waals surface area contributed by atoms with Crippen LogP contribution in [0.4, 0.5) is 0 Å². The summed E-state index contributed by atoms with van der Waals surface area (Å²) in [6.07, 6.45) is 2.05. The van der Waals surface area contributed by atoms with Crippen LogP contribution in [-0.4, -0.2) is 68.0 Å². The van der Waals surface area contributed by atoms with Crippen molar-refractivity contribution in [1.29, 1.82) is 0 Å². The summed E-state index contributed by atoms with van der Waals surface area (Å²) in [5, 5.41) is 0. The van der Waals surface area contributed by atoms with Gasteiger partial charge in [0, 0.05) is 16.3 Å². The normalized spacial score (nSPS) is 15.7. The maximum Gasteiger partial charge on any atom is 0.261 e. The van der Waals surface area contributed by atoms with Gasteiger partial charge in [0.2, 0.25) is 11.8 Å². The van der Waals surface area contributed by atoms with Gasteiger partial charge in [-0.2, -0.15) is 8.42 Å². The van der Waals surface area contributed by atoms with Crippen LogP contribution < -0.4 is 0 Å². The minimum absolute atomic E-state index is 0.0899. The zero-order valence-electron chi connectivity index (χ0n) is 18.9. The third-order valence-corrected chi connectivity index (χ3v) is 6.41. The summed E-state index contributed by atoms with van der Waals surface area (Å²) < 4.78 is 25.9. The van der Waals surface area contributed by atoms with Gasteiger partial charge in [0.05, 0.1) is 19.1 Å². The van der Waals surface area contributed by atoms with Gasteiger partial charge < -0.3 is 4.90 Å². The molecule has 0 radical (unpaired) electrons. The Morgan fingerprint density at radius 3 is 1.76 bits per heavy atom. The van der Waals surface area contributed by atoms with E-state index < -0.39 is 10.1 Å². The van der Waals surface area contributed by atoms with Crippen LogP contribution in [0.5, 0.6) is 0 Å². The largest absolute Gasteiger partial charge is 0.309 e. The molecule has 0 saturated heterocycles. The molecule has 2 aromatic carbocycles. The van der Waals surface area contributed by atoms with Crippen molar-refractivity contribution in [1.82, 2.24) is 9.80 Å². The predicted molar refractivity (Wildman–Crippen MR) is 130 cm³/mol. The second kappa shape index (κ2) is 10.6. The van der Waals surface area contributed by atoms with E-state index in [1.165, 1.54) is 4.90 Å². The molecule has 4 rings (SSSR count). The molecule has 7 nitrogen and oxygen atoms in total. The molecule has 2 aromatic rings. The lowest BCUT2D eigenvalue weighted by molar-refractivity contribution is -0.143. The van der Waals surface area contributed by atoms with E-state index in [1.54, 1.807) is 11.8 Å². The summed E-state index contributed by atoms with van der Waals surface area (Å²) in [7, 11) is 0.336. The van der Waals surface area contributed by atoms with Crippen LogP contribution >= 0.6 is 11.8 Å². The first kappa shape index (κ1) is 25.2. The molecule has 0 atom stereocenters. The van der Waals surface area contributed by atoms with Gasteiger partial charge in [-0.15, -0.1) is 0 Å². The predicted octanol–water partition coefficient (Wildman–Crippen LogP) is 3.67. The molecule has 0 saturated carbocycles. The second-order valence-corrected chi connectivity index (χ2v) is 10.8. The number of carbonyl (C=O) groups excluding carboxylic acids is 2. The quantitative estimate of drug-likeness (QED) is 0.518. The molecular weight excluding hydrogens is 460 g/mol. The average molecular weight is 489 g/mol. The Bertz CT molecular complexity index is 1110. The number of amides is 2. The Morgan fingerprint density at radius 2 is 1.33 bits per heavy atom. The highest BCUT2D eigenvalue weighted by Crippen LogP contribution is 2.47. The first-order valence-electron chi connectivity index (χ1n) is 10.5. The van der Waals surface area contributed by atoms with Crippen LogP contribution in [0.3, 0.4) is 0 Å². The number of hydrogen-bond donors (Lipinski definition) is 1. The van der Waals surface area contributed by atoms with Gasteiger partial charge in [0.1, 0.15) is 0 Å². The van der Waals surface area contributed by atoms with Gasteiger partial charge in [0.15, 0.2) is 0 Å². The van der Waals surface area contributed by atoms with Crippen molar-refractivity contribution in [2.45, 2.75) is 29.1 Å². The molecule has 2 amide bonds. The molecule has 0 unspecified atom stereocenters. The van der Waals surface area contributed by atoms with E-state index in [1.807, 2.05) is 38.4 Å². The van der Waals surface area contributed by atoms with Gasteiger partial charge in [-0.1, -0.05) is 48.2 Å². The number of hydrogen-bond acceptors (Lipinski definition) is 6. The Labute approximate surface area is 199 Å². The maximum absolute atomic E-state index is 13.0. The molecule has 1 N–H and O–H groups in total. The molecule has 0 bridgehead atoms. The highest BCUT2D eigenvalue weighted by Gasteiger charge is 2.32. The van der Waals surface area contributed by atoms with E-state index >= 15 is 0 Å². The minimum Gasteiger partial charge on any atom is -0.309 e. The molecule has 2 aliphatic rings. The summed E-state index contributed by atoms with van der Waals surface area (Å²) >= 11 is 1.71. The molecule has 33 heavy (non-hydrogen) atoms. The second-order valence-electron chi connectivity index (χ2n) is 8.23. The Kier molecular flexibility index (Phi) is 8.12. The van der Waals surface area contributed by atoms with Crippen LogP contribution in [0, 0.1) is 0 Å². The lowest BCUT2D eigenvalue weighted by Crippen LogP contribution is -2.37. The fourth-order valence-corrected chi connectivity index (χ4v) is 5.02. The van der Waals surface area contributed by atoms with E-state index in [2.05, 4.69) is 29.2 Å². The first-order valence-corrected chi connectivity index (χ1v) is 13.2. The van der Waals surface area contributed by atoms with Crippen molar-refractivity contribution in [3.05, 3.63) is 59.7 Å². The van der Waals surface area contributed by atoms with E-state index in [0.29, 0.717) is 12.8 Å². The molecule has 9 heteroatoms. The van der Waals surface area contributed by atoms with Gasteiger partial charge in [-0.3, -0.25) is 19.0 Å². The molecule has 176 valence electrons. The standard InChI is InChI=1S/C23H24N2O2S.CH4O3S/c1-24(2)12-7-13-25-22(26)14-18-16-8-3-5-10-20(16)28-21-11-6-4-9-17(21)19(18)15-23(25)27;1-5(2,3)4/h3-6,8-11H,7,12-15H2,1-2H3;1H3,(H,2,3,4). The zero-order chi connectivity index (χ0) is 24.2. The van der Waals surface area contributed by atoms with Crippen molar-refractivity contribution >= 4 is 44.8 Å². The van der Waals surface area contributed by atoms with E-state index in [-0.39, 0.29) is 24.7 Å². The third kappa shape index (κ3) is 6.77. The van der Waals surface area contributed by atoms with E-state index in [9.17, 15) is 18.0 Å². The van der Waals surface area contributed by atoms with Crippen molar-refractivity contribution in [2.75, 3.05) is 33.4 Å². The van der Waals surface area contributed by atoms with Crippen LogP contribution in [0.15, 0.2) is 58.3 Å². The number of rotatable bonds is 4. The number of nitrogens with zero attached hydrogens (tertiary/aromatic N) is 2. The Morgan fingerprint density at radius 1 is 0.909 bits per heavy atom. The zero-order valence-corrected chi connectivity index (χ0v) is 20.6. The van der Waals surface area contributed by atoms with Crippen LogP contribution in [-0.2, 0) is 19.7 Å². The van der Waals surface area contributed by atoms with E-state index in [0.717, 1.165) is 45.0 Å². The average Bonchev–Trinajstić information content (AvgIpc) is 2.92. The fraction of sp³-hybridized carbons (Fsp3) is 0.333. The highest BCUT2D eigenvalue weighted by molar-refractivity contribution is 7.99. The highest BCUT2D eigenvalue weighted by atomic mass is 32.2. The minimum atomic E-state index is -3.67. The van der Waals surface area contributed by atoms with Gasteiger partial charge in [-0.05, 0) is 61.5 Å². The molecule has 0 aliphatic carbocycles. The lowest BCUT2D eigenvalue weighted by atomic mass is 9.91. The topological polar surface area (TPSA) is 95.0 Å². The summed E-state index contributed by atoms with van der Waals surface area (Å²) in [6, 6.07) is 16.4. The van der Waals surface area contributed by atoms with Crippen LogP contribution in [0.2, 0.25) is 0 Å². The number of benzene rings is 2. The monoisotopic (exact) mass is 488 g/mol. The molecule has 2 aliphatic heterocycles. The molecule has 0 fully saturated rings. The summed E-state index contributed by atoms with van der Waals surface area (Å²) in [6.45, 7) is 1.33. The molecule has 0 aromatic heterocycles. The number of fused-ring (bicyclic) bond motifs is 4. The van der Waals surface area contributed by atoms with Crippen LogP contribution in [0.25, 0.3) is 11.1 Å². The Balaban J connectivity index is 0.000000555. The lowest BCUT2D eigenvalue weighted by Gasteiger charge is -2.20. The number of carbonyl (C=O) groups is 2. The smallest absolute Gasteiger partial charge is 0.261 e. The summed E-state index contributed by atoms with van der Waals surface area (Å²) in [5.74, 6) is -0.180. The molecule has 2 heterocycles. The van der Waals surface area contributed by atoms with Crippen molar-refractivity contribution in [3.63, 3.8) is 0 Å². The SMILES string of the molecule is CN(C)CCCN1C(=O)CC2=C(CC1=O)c1ccccc1Sc1ccccc12.CS(=O)(=O)O. The van der Waals surface area contributed by atoms with Crippen molar-refractivity contribution in [2.24, 2.45) is 0 Å². The van der Waals surface area contributed by atoms with Gasteiger partial charge >= 0.3 is 0 Å². The fourth-order valence-electron chi connectivity index (χ4n) is 3.88. The molecule has 0 spiro atoms. The first-order chi connectivity index (χ1) is 15.5. The van der Waals surface area contributed by atoms with E-state index in [4.69, 9.17) is 4.55 Å². The van der Waals surface area contributed by atoms with Gasteiger partial charge in [-0.25, -0.2) is 0 Å². The molecular formula is C24H28N2O5S2. The number of imide groups is 1. The summed E-state index contributed by atoms with van der Waals surface area (Å²) in [5.41, 5.74) is 4.16.